The Morgan fingerprint density at radius 2 is 1.97 bits per heavy atom. The maximum atomic E-state index is 13.1. The number of nitrogens with one attached hydrogen (secondary N) is 4. The smallest absolute Gasteiger partial charge is 0.247 e. The summed E-state index contributed by atoms with van der Waals surface area (Å²) in [7, 11) is 2.00. The molecule has 2 aromatic heterocycles. The molecule has 2 amide bonds. The molecule has 1 aliphatic heterocycles. The maximum absolute atomic E-state index is 13.1. The Labute approximate surface area is 231 Å². The molecule has 2 aromatic carbocycles. The third kappa shape index (κ3) is 6.27. The lowest BCUT2D eigenvalue weighted by Crippen LogP contribution is -2.49. The van der Waals surface area contributed by atoms with E-state index in [-0.39, 0.29) is 23.8 Å². The van der Waals surface area contributed by atoms with Crippen molar-refractivity contribution in [1.29, 1.82) is 0 Å². The van der Waals surface area contributed by atoms with Gasteiger partial charge in [-0.2, -0.15) is 0 Å². The number of carbonyl (C=O) groups is 2. The van der Waals surface area contributed by atoms with Gasteiger partial charge in [-0.1, -0.05) is 48.5 Å². The second kappa shape index (κ2) is 11.7. The minimum absolute atomic E-state index is 0.00565. The number of para-hydroxylation sites is 1. The van der Waals surface area contributed by atoms with Gasteiger partial charge in [0.1, 0.15) is 0 Å². The van der Waals surface area contributed by atoms with Gasteiger partial charge in [-0.25, -0.2) is 9.97 Å². The van der Waals surface area contributed by atoms with E-state index < -0.39 is 0 Å². The zero-order valence-electron chi connectivity index (χ0n) is 21.6. The molecule has 4 aromatic rings. The molecule has 5 rings (SSSR count). The first-order valence-electron chi connectivity index (χ1n) is 12.7. The number of halogens is 1. The second-order valence-electron chi connectivity index (χ2n) is 9.74. The van der Waals surface area contributed by atoms with Crippen LogP contribution in [-0.4, -0.2) is 57.8 Å². The Hall–Kier alpha value is -4.21. The number of fused-ring (bicyclic) bond motifs is 1. The number of H-pyrrole nitrogens is 1. The molecule has 3 heterocycles. The normalized spacial score (nSPS) is 17.5. The van der Waals surface area contributed by atoms with Crippen LogP contribution in [-0.2, 0) is 16.1 Å². The molecule has 4 N–H and O–H groups in total. The molecule has 10 heteroatoms. The van der Waals surface area contributed by atoms with Crippen LogP contribution >= 0.6 is 11.6 Å². The standard InChI is InChI=1S/C29H30ClN7O2/c1-3-26(38)34-20-10-8-18(9-11-20)13-32-28(39)19-12-21(17-37(2)16-19)35-29-33-15-24(30)27(36-29)23-14-31-25-7-5-4-6-22(23)25/h3-11,14-15,19,21,31H,1,12-13,16-17H2,2H3,(H,32,39)(H,34,38)(H,33,35,36)/t19-,21-/m1/s1. The molecule has 0 spiro atoms. The Morgan fingerprint density at radius 3 is 2.77 bits per heavy atom. The lowest BCUT2D eigenvalue weighted by atomic mass is 9.93. The van der Waals surface area contributed by atoms with Gasteiger partial charge in [0, 0.05) is 54.0 Å². The number of rotatable bonds is 8. The van der Waals surface area contributed by atoms with Crippen molar-refractivity contribution in [1.82, 2.24) is 25.2 Å². The lowest BCUT2D eigenvalue weighted by Gasteiger charge is -2.35. The van der Waals surface area contributed by atoms with E-state index in [9.17, 15) is 9.59 Å². The molecule has 1 fully saturated rings. The zero-order chi connectivity index (χ0) is 27.4. The van der Waals surface area contributed by atoms with Gasteiger partial charge in [-0.05, 0) is 43.3 Å². The van der Waals surface area contributed by atoms with Gasteiger partial charge in [0.2, 0.25) is 17.8 Å². The van der Waals surface area contributed by atoms with Crippen molar-refractivity contribution >= 4 is 46.0 Å². The molecule has 9 nitrogen and oxygen atoms in total. The Bertz CT molecular complexity index is 1500. The number of aromatic nitrogens is 3. The molecule has 0 aliphatic carbocycles. The van der Waals surface area contributed by atoms with E-state index in [1.165, 1.54) is 6.08 Å². The number of nitrogens with zero attached hydrogens (tertiary/aromatic N) is 3. The van der Waals surface area contributed by atoms with E-state index in [1.807, 2.05) is 49.6 Å². The summed E-state index contributed by atoms with van der Waals surface area (Å²) >= 11 is 6.49. The fourth-order valence-electron chi connectivity index (χ4n) is 4.92. The average Bonchev–Trinajstić information content (AvgIpc) is 3.37. The average molecular weight is 544 g/mol. The number of hydrogen-bond donors (Lipinski definition) is 4. The first-order valence-corrected chi connectivity index (χ1v) is 13.1. The third-order valence-corrected chi connectivity index (χ3v) is 7.08. The SMILES string of the molecule is C=CC(=O)Nc1ccc(CNC(=O)[C@@H]2C[C@@H](Nc3ncc(Cl)c(-c4c[nH]c5ccccc45)n3)CN(C)C2)cc1. The molecule has 1 saturated heterocycles. The largest absolute Gasteiger partial charge is 0.360 e. The van der Waals surface area contributed by atoms with Gasteiger partial charge in [-0.3, -0.25) is 9.59 Å². The number of carbonyl (C=O) groups excluding carboxylic acids is 2. The summed E-state index contributed by atoms with van der Waals surface area (Å²) in [4.78, 5) is 39.1. The van der Waals surface area contributed by atoms with Crippen molar-refractivity contribution in [3.8, 4) is 11.3 Å². The van der Waals surface area contributed by atoms with Gasteiger partial charge in [0.15, 0.2) is 0 Å². The van der Waals surface area contributed by atoms with Crippen molar-refractivity contribution in [2.24, 2.45) is 5.92 Å². The predicted octanol–water partition coefficient (Wildman–Crippen LogP) is 4.45. The third-order valence-electron chi connectivity index (χ3n) is 6.80. The zero-order valence-corrected chi connectivity index (χ0v) is 22.3. The fraction of sp³-hybridized carbons (Fsp3) is 0.241. The fourth-order valence-corrected chi connectivity index (χ4v) is 5.12. The van der Waals surface area contributed by atoms with Crippen LogP contribution in [0.25, 0.3) is 22.2 Å². The van der Waals surface area contributed by atoms with E-state index in [2.05, 4.69) is 37.4 Å². The van der Waals surface area contributed by atoms with Crippen molar-refractivity contribution in [3.63, 3.8) is 0 Å². The van der Waals surface area contributed by atoms with Gasteiger partial charge >= 0.3 is 0 Å². The molecule has 0 bridgehead atoms. The molecule has 1 aliphatic rings. The molecule has 2 atom stereocenters. The summed E-state index contributed by atoms with van der Waals surface area (Å²) in [6.07, 6.45) is 5.39. The van der Waals surface area contributed by atoms with Crippen molar-refractivity contribution in [2.45, 2.75) is 19.0 Å². The summed E-state index contributed by atoms with van der Waals surface area (Å²) in [5.74, 6) is 0.0169. The number of likely N-dealkylation sites (N-methyl/N-ethyl adjacent to an activating group) is 1. The summed E-state index contributed by atoms with van der Waals surface area (Å²) in [6.45, 7) is 5.28. The highest BCUT2D eigenvalue weighted by Gasteiger charge is 2.30. The van der Waals surface area contributed by atoms with E-state index in [0.717, 1.165) is 28.6 Å². The van der Waals surface area contributed by atoms with Crippen LogP contribution in [0.5, 0.6) is 0 Å². The van der Waals surface area contributed by atoms with Crippen molar-refractivity contribution < 1.29 is 9.59 Å². The van der Waals surface area contributed by atoms with Crippen LogP contribution in [0.1, 0.15) is 12.0 Å². The minimum Gasteiger partial charge on any atom is -0.360 e. The molecular weight excluding hydrogens is 514 g/mol. The summed E-state index contributed by atoms with van der Waals surface area (Å²) in [6, 6.07) is 15.3. The number of hydrogen-bond acceptors (Lipinski definition) is 6. The number of benzene rings is 2. The van der Waals surface area contributed by atoms with Crippen LogP contribution in [0.15, 0.2) is 73.6 Å². The van der Waals surface area contributed by atoms with E-state index in [4.69, 9.17) is 16.6 Å². The molecule has 0 radical (unpaired) electrons. The Kier molecular flexibility index (Phi) is 7.90. The molecular formula is C29H30ClN7O2. The first-order chi connectivity index (χ1) is 18.9. The molecule has 0 saturated carbocycles. The van der Waals surface area contributed by atoms with Crippen LogP contribution < -0.4 is 16.0 Å². The maximum Gasteiger partial charge on any atom is 0.247 e. The Balaban J connectivity index is 1.22. The summed E-state index contributed by atoms with van der Waals surface area (Å²) in [5, 5.41) is 10.7. The van der Waals surface area contributed by atoms with E-state index in [0.29, 0.717) is 41.9 Å². The van der Waals surface area contributed by atoms with Gasteiger partial charge in [-0.15, -0.1) is 0 Å². The molecule has 200 valence electrons. The summed E-state index contributed by atoms with van der Waals surface area (Å²) in [5.41, 5.74) is 4.19. The highest BCUT2D eigenvalue weighted by molar-refractivity contribution is 6.33. The number of amides is 2. The monoisotopic (exact) mass is 543 g/mol. The van der Waals surface area contributed by atoms with Crippen LogP contribution in [0.2, 0.25) is 5.02 Å². The lowest BCUT2D eigenvalue weighted by molar-refractivity contribution is -0.126. The van der Waals surface area contributed by atoms with Crippen LogP contribution in [0, 0.1) is 5.92 Å². The van der Waals surface area contributed by atoms with E-state index >= 15 is 0 Å². The van der Waals surface area contributed by atoms with Gasteiger partial charge in [0.05, 0.1) is 22.8 Å². The molecule has 39 heavy (non-hydrogen) atoms. The van der Waals surface area contributed by atoms with Gasteiger partial charge in [0.25, 0.3) is 0 Å². The summed E-state index contributed by atoms with van der Waals surface area (Å²) < 4.78 is 0. The van der Waals surface area contributed by atoms with E-state index in [1.54, 1.807) is 18.3 Å². The predicted molar refractivity (Wildman–Crippen MR) is 154 cm³/mol. The molecule has 0 unspecified atom stereocenters. The second-order valence-corrected chi connectivity index (χ2v) is 10.1. The van der Waals surface area contributed by atoms with Crippen molar-refractivity contribution in [3.05, 3.63) is 84.2 Å². The highest BCUT2D eigenvalue weighted by atomic mass is 35.5. The minimum atomic E-state index is -0.265. The first kappa shape index (κ1) is 26.4. The van der Waals surface area contributed by atoms with Crippen LogP contribution in [0.4, 0.5) is 11.6 Å². The highest BCUT2D eigenvalue weighted by Crippen LogP contribution is 2.32. The number of anilines is 2. The number of aromatic amines is 1. The topological polar surface area (TPSA) is 115 Å². The van der Waals surface area contributed by atoms with Crippen molar-refractivity contribution in [2.75, 3.05) is 30.8 Å². The Morgan fingerprint density at radius 1 is 1.18 bits per heavy atom. The number of likely N-dealkylation sites (tertiary alicyclic amines) is 1. The van der Waals surface area contributed by atoms with Gasteiger partial charge < -0.3 is 25.8 Å². The quantitative estimate of drug-likeness (QED) is 0.244. The number of piperidine rings is 1. The van der Waals surface area contributed by atoms with Crippen LogP contribution in [0.3, 0.4) is 0 Å².